The quantitative estimate of drug-likeness (QED) is 0.501. The molecule has 140 valence electrons. The number of nitrogens with one attached hydrogen (secondary N) is 1. The number of carboxylic acids is 1. The molecule has 7 heteroatoms. The molecule has 1 heterocycles. The minimum absolute atomic E-state index is 0.0167. The summed E-state index contributed by atoms with van der Waals surface area (Å²) < 4.78 is 0. The Morgan fingerprint density at radius 2 is 1.75 bits per heavy atom. The summed E-state index contributed by atoms with van der Waals surface area (Å²) in [5.74, 6) is -1.14. The number of non-ortho nitro benzene ring substituents is 1. The Morgan fingerprint density at radius 1 is 1.00 bits per heavy atom. The third-order valence-electron chi connectivity index (χ3n) is 4.77. The summed E-state index contributed by atoms with van der Waals surface area (Å²) in [4.78, 5) is 24.2. The molecule has 0 spiro atoms. The highest BCUT2D eigenvalue weighted by molar-refractivity contribution is 5.95. The van der Waals surface area contributed by atoms with Crippen LogP contribution in [0.2, 0.25) is 0 Å². The van der Waals surface area contributed by atoms with Gasteiger partial charge in [-0.15, -0.1) is 0 Å². The summed E-state index contributed by atoms with van der Waals surface area (Å²) in [7, 11) is 0. The molecule has 2 N–H and O–H groups in total. The summed E-state index contributed by atoms with van der Waals surface area (Å²) in [6, 6.07) is 19.6. The Morgan fingerprint density at radius 3 is 2.46 bits per heavy atom. The van der Waals surface area contributed by atoms with Crippen LogP contribution in [0.15, 0.2) is 66.7 Å². The van der Waals surface area contributed by atoms with E-state index in [2.05, 4.69) is 22.3 Å². The van der Waals surface area contributed by atoms with Crippen molar-refractivity contribution in [1.29, 1.82) is 0 Å². The minimum atomic E-state index is -1.14. The highest BCUT2D eigenvalue weighted by atomic mass is 16.6. The lowest BCUT2D eigenvalue weighted by atomic mass is 10.1. The summed E-state index contributed by atoms with van der Waals surface area (Å²) in [5.41, 5.74) is 4.18. The number of carboxylic acid groups (broad SMARTS) is 1. The lowest BCUT2D eigenvalue weighted by Gasteiger charge is -2.17. The zero-order chi connectivity index (χ0) is 19.7. The molecule has 0 radical (unpaired) electrons. The summed E-state index contributed by atoms with van der Waals surface area (Å²) >= 11 is 0. The smallest absolute Gasteiger partial charge is 0.337 e. The third kappa shape index (κ3) is 3.37. The van der Waals surface area contributed by atoms with Gasteiger partial charge in [0.1, 0.15) is 0 Å². The predicted molar refractivity (Wildman–Crippen MR) is 106 cm³/mol. The minimum Gasteiger partial charge on any atom is -0.478 e. The number of fused-ring (bicyclic) bond motifs is 1. The van der Waals surface area contributed by atoms with Gasteiger partial charge in [0.25, 0.3) is 5.69 Å². The number of rotatable bonds is 5. The molecular formula is C21H17N3O4. The van der Waals surface area contributed by atoms with Crippen molar-refractivity contribution in [1.82, 2.24) is 0 Å². The largest absolute Gasteiger partial charge is 0.478 e. The van der Waals surface area contributed by atoms with Gasteiger partial charge in [0.2, 0.25) is 0 Å². The van der Waals surface area contributed by atoms with Crippen LogP contribution in [-0.2, 0) is 13.1 Å². The van der Waals surface area contributed by atoms with Gasteiger partial charge in [-0.1, -0.05) is 24.3 Å². The number of anilines is 3. The van der Waals surface area contributed by atoms with E-state index in [1.807, 2.05) is 36.4 Å². The first-order valence-corrected chi connectivity index (χ1v) is 8.72. The fourth-order valence-electron chi connectivity index (χ4n) is 3.38. The number of aromatic carboxylic acids is 1. The molecule has 0 aliphatic carbocycles. The molecule has 0 bridgehead atoms. The maximum Gasteiger partial charge on any atom is 0.337 e. The van der Waals surface area contributed by atoms with Crippen LogP contribution >= 0.6 is 0 Å². The molecule has 4 rings (SSSR count). The molecule has 7 nitrogen and oxygen atoms in total. The van der Waals surface area contributed by atoms with E-state index in [4.69, 9.17) is 0 Å². The molecule has 0 aromatic heterocycles. The summed E-state index contributed by atoms with van der Waals surface area (Å²) in [6.45, 7) is 1.55. The van der Waals surface area contributed by atoms with Crippen molar-refractivity contribution in [3.05, 3.63) is 93.5 Å². The molecule has 0 amide bonds. The molecule has 3 aromatic carbocycles. The standard InChI is InChI=1S/C21H17N3O4/c25-21(26)19-9-8-18(24(27)28)11-20(19)22-16-7-6-14-12-23(13-15(14)10-16)17-4-2-1-3-5-17/h1-11,22H,12-13H2,(H,25,26). The van der Waals surface area contributed by atoms with Crippen molar-refractivity contribution in [2.75, 3.05) is 10.2 Å². The first-order valence-electron chi connectivity index (χ1n) is 8.72. The van der Waals surface area contributed by atoms with Gasteiger partial charge in [-0.3, -0.25) is 10.1 Å². The number of carbonyl (C=O) groups is 1. The van der Waals surface area contributed by atoms with Gasteiger partial charge in [0.15, 0.2) is 0 Å². The van der Waals surface area contributed by atoms with E-state index in [1.165, 1.54) is 23.8 Å². The molecule has 0 saturated heterocycles. The number of nitrogens with zero attached hydrogens (tertiary/aromatic N) is 2. The van der Waals surface area contributed by atoms with Crippen LogP contribution < -0.4 is 10.2 Å². The van der Waals surface area contributed by atoms with Crippen LogP contribution in [-0.4, -0.2) is 16.0 Å². The van der Waals surface area contributed by atoms with Crippen LogP contribution in [0.25, 0.3) is 0 Å². The molecule has 0 saturated carbocycles. The van der Waals surface area contributed by atoms with E-state index in [0.717, 1.165) is 24.3 Å². The van der Waals surface area contributed by atoms with E-state index in [9.17, 15) is 20.0 Å². The number of hydrogen-bond acceptors (Lipinski definition) is 5. The van der Waals surface area contributed by atoms with Crippen molar-refractivity contribution in [2.24, 2.45) is 0 Å². The van der Waals surface area contributed by atoms with E-state index in [0.29, 0.717) is 5.69 Å². The average Bonchev–Trinajstić information content (AvgIpc) is 3.12. The van der Waals surface area contributed by atoms with Crippen molar-refractivity contribution >= 4 is 28.7 Å². The van der Waals surface area contributed by atoms with E-state index in [1.54, 1.807) is 0 Å². The Bertz CT molecular complexity index is 1070. The van der Waals surface area contributed by atoms with E-state index < -0.39 is 10.9 Å². The van der Waals surface area contributed by atoms with Gasteiger partial charge in [-0.05, 0) is 41.5 Å². The lowest BCUT2D eigenvalue weighted by molar-refractivity contribution is -0.384. The normalized spacial score (nSPS) is 12.5. The van der Waals surface area contributed by atoms with Crippen molar-refractivity contribution in [2.45, 2.75) is 13.1 Å². The molecule has 0 unspecified atom stereocenters. The molecule has 1 aliphatic rings. The van der Waals surface area contributed by atoms with Gasteiger partial charge in [0.05, 0.1) is 16.2 Å². The summed E-state index contributed by atoms with van der Waals surface area (Å²) in [5, 5.41) is 23.4. The predicted octanol–water partition coefficient (Wildman–Crippen LogP) is 4.56. The van der Waals surface area contributed by atoms with Gasteiger partial charge < -0.3 is 15.3 Å². The highest BCUT2D eigenvalue weighted by Gasteiger charge is 2.20. The number of nitro benzene ring substituents is 1. The second-order valence-corrected chi connectivity index (χ2v) is 6.59. The first-order chi connectivity index (χ1) is 13.5. The van der Waals surface area contributed by atoms with Crippen LogP contribution in [0.1, 0.15) is 21.5 Å². The molecule has 0 fully saturated rings. The second kappa shape index (κ2) is 7.03. The third-order valence-corrected chi connectivity index (χ3v) is 4.77. The topological polar surface area (TPSA) is 95.7 Å². The first kappa shape index (κ1) is 17.5. The maximum absolute atomic E-state index is 11.5. The average molecular weight is 375 g/mol. The molecular weight excluding hydrogens is 358 g/mol. The van der Waals surface area contributed by atoms with Gasteiger partial charge in [0, 0.05) is 36.6 Å². The van der Waals surface area contributed by atoms with E-state index in [-0.39, 0.29) is 16.9 Å². The van der Waals surface area contributed by atoms with Crippen LogP contribution in [0, 0.1) is 10.1 Å². The number of benzene rings is 3. The molecule has 28 heavy (non-hydrogen) atoms. The van der Waals surface area contributed by atoms with Crippen molar-refractivity contribution in [3.63, 3.8) is 0 Å². The zero-order valence-corrected chi connectivity index (χ0v) is 14.8. The van der Waals surface area contributed by atoms with Crippen LogP contribution in [0.3, 0.4) is 0 Å². The molecule has 3 aromatic rings. The second-order valence-electron chi connectivity index (χ2n) is 6.59. The Balaban J connectivity index is 1.61. The summed E-state index contributed by atoms with van der Waals surface area (Å²) in [6.07, 6.45) is 0. The fraction of sp³-hybridized carbons (Fsp3) is 0.0952. The SMILES string of the molecule is O=C(O)c1ccc([N+](=O)[O-])cc1Nc1ccc2c(c1)CN(c1ccccc1)C2. The van der Waals surface area contributed by atoms with E-state index >= 15 is 0 Å². The molecule has 1 aliphatic heterocycles. The Kier molecular flexibility index (Phi) is 4.41. The number of hydrogen-bond donors (Lipinski definition) is 2. The molecule has 0 atom stereocenters. The van der Waals surface area contributed by atoms with Crippen LogP contribution in [0.4, 0.5) is 22.7 Å². The number of nitro groups is 1. The van der Waals surface area contributed by atoms with Crippen molar-refractivity contribution in [3.8, 4) is 0 Å². The maximum atomic E-state index is 11.5. The van der Waals surface area contributed by atoms with Crippen molar-refractivity contribution < 1.29 is 14.8 Å². The number of para-hydroxylation sites is 1. The van der Waals surface area contributed by atoms with Gasteiger partial charge in [-0.2, -0.15) is 0 Å². The Labute approximate surface area is 161 Å². The monoisotopic (exact) mass is 375 g/mol. The highest BCUT2D eigenvalue weighted by Crippen LogP contribution is 2.32. The zero-order valence-electron chi connectivity index (χ0n) is 14.8. The van der Waals surface area contributed by atoms with Gasteiger partial charge >= 0.3 is 5.97 Å². The van der Waals surface area contributed by atoms with Crippen LogP contribution in [0.5, 0.6) is 0 Å². The van der Waals surface area contributed by atoms with Gasteiger partial charge in [-0.25, -0.2) is 4.79 Å². The lowest BCUT2D eigenvalue weighted by Crippen LogP contribution is -2.13. The Hall–Kier alpha value is -3.87. The fourth-order valence-corrected chi connectivity index (χ4v) is 3.38.